The minimum atomic E-state index is 0.299. The Kier molecular flexibility index (Phi) is 4.29. The van der Waals surface area contributed by atoms with Crippen molar-refractivity contribution in [1.82, 2.24) is 9.55 Å². The van der Waals surface area contributed by atoms with Crippen LogP contribution in [0.1, 0.15) is 25.1 Å². The van der Waals surface area contributed by atoms with Crippen molar-refractivity contribution in [2.75, 3.05) is 6.61 Å². The van der Waals surface area contributed by atoms with E-state index < -0.39 is 0 Å². The van der Waals surface area contributed by atoms with E-state index >= 15 is 0 Å². The monoisotopic (exact) mass is 390 g/mol. The van der Waals surface area contributed by atoms with Crippen molar-refractivity contribution in [2.24, 2.45) is 0 Å². The molecule has 2 aromatic rings. The van der Waals surface area contributed by atoms with Crippen molar-refractivity contribution in [3.05, 3.63) is 27.6 Å². The van der Waals surface area contributed by atoms with Gasteiger partial charge in [-0.25, -0.2) is 4.98 Å². The SMILES string of the molecule is ClCc1nc2cc(I)ccc2n1CC1CCCCO1. The Morgan fingerprint density at radius 1 is 1.42 bits per heavy atom. The highest BCUT2D eigenvalue weighted by atomic mass is 127. The van der Waals surface area contributed by atoms with Crippen molar-refractivity contribution in [3.8, 4) is 0 Å². The molecule has 3 nitrogen and oxygen atoms in total. The van der Waals surface area contributed by atoms with E-state index in [2.05, 4.69) is 50.3 Å². The van der Waals surface area contributed by atoms with E-state index in [1.165, 1.54) is 16.4 Å². The zero-order valence-electron chi connectivity index (χ0n) is 10.6. The number of imidazole rings is 1. The lowest BCUT2D eigenvalue weighted by Crippen LogP contribution is -2.25. The largest absolute Gasteiger partial charge is 0.376 e. The van der Waals surface area contributed by atoms with E-state index in [9.17, 15) is 0 Å². The maximum atomic E-state index is 6.04. The van der Waals surface area contributed by atoms with Gasteiger partial charge in [-0.3, -0.25) is 0 Å². The normalized spacial score (nSPS) is 20.0. The number of benzene rings is 1. The molecule has 0 bridgehead atoms. The predicted molar refractivity (Wildman–Crippen MR) is 85.6 cm³/mol. The summed E-state index contributed by atoms with van der Waals surface area (Å²) < 4.78 is 9.25. The Labute approximate surface area is 131 Å². The second-order valence-electron chi connectivity index (χ2n) is 4.89. The summed E-state index contributed by atoms with van der Waals surface area (Å²) in [6.45, 7) is 1.74. The molecule has 0 spiro atoms. The number of alkyl halides is 1. The highest BCUT2D eigenvalue weighted by molar-refractivity contribution is 14.1. The summed E-state index contributed by atoms with van der Waals surface area (Å²) in [5.74, 6) is 1.38. The van der Waals surface area contributed by atoms with Gasteiger partial charge in [0.05, 0.1) is 29.6 Å². The van der Waals surface area contributed by atoms with Crippen molar-refractivity contribution in [3.63, 3.8) is 0 Å². The van der Waals surface area contributed by atoms with Crippen molar-refractivity contribution >= 4 is 45.2 Å². The molecule has 0 saturated carbocycles. The average molecular weight is 391 g/mol. The van der Waals surface area contributed by atoms with Crippen LogP contribution in [-0.2, 0) is 17.2 Å². The molecule has 1 fully saturated rings. The molecule has 1 unspecified atom stereocenters. The van der Waals surface area contributed by atoms with Crippen LogP contribution >= 0.6 is 34.2 Å². The third-order valence-electron chi connectivity index (χ3n) is 3.57. The van der Waals surface area contributed by atoms with E-state index in [0.29, 0.717) is 12.0 Å². The standard InChI is InChI=1S/C14H16ClIN2O/c15-8-14-17-12-7-10(16)4-5-13(12)18(14)9-11-3-1-2-6-19-11/h4-5,7,11H,1-3,6,8-9H2. The first-order chi connectivity index (χ1) is 9.28. The summed E-state index contributed by atoms with van der Waals surface area (Å²) in [4.78, 5) is 4.63. The molecule has 5 heteroatoms. The average Bonchev–Trinajstić information content (AvgIpc) is 2.77. The molecule has 102 valence electrons. The number of rotatable bonds is 3. The van der Waals surface area contributed by atoms with Gasteiger partial charge in [-0.15, -0.1) is 11.6 Å². The zero-order chi connectivity index (χ0) is 13.2. The highest BCUT2D eigenvalue weighted by Gasteiger charge is 2.18. The molecule has 2 heterocycles. The minimum Gasteiger partial charge on any atom is -0.376 e. The van der Waals surface area contributed by atoms with Crippen LogP contribution in [0.3, 0.4) is 0 Å². The molecule has 0 radical (unpaired) electrons. The van der Waals surface area contributed by atoms with Crippen molar-refractivity contribution < 1.29 is 4.74 Å². The number of aromatic nitrogens is 2. The van der Waals surface area contributed by atoms with Crippen LogP contribution in [0.15, 0.2) is 18.2 Å². The van der Waals surface area contributed by atoms with Gasteiger partial charge in [-0.05, 0) is 60.1 Å². The second kappa shape index (κ2) is 5.97. The van der Waals surface area contributed by atoms with Gasteiger partial charge in [0.15, 0.2) is 0 Å². The first-order valence-electron chi connectivity index (χ1n) is 6.60. The molecule has 0 N–H and O–H groups in total. The molecule has 19 heavy (non-hydrogen) atoms. The summed E-state index contributed by atoms with van der Waals surface area (Å²) in [6, 6.07) is 6.34. The summed E-state index contributed by atoms with van der Waals surface area (Å²) in [5.41, 5.74) is 2.18. The van der Waals surface area contributed by atoms with Gasteiger partial charge < -0.3 is 9.30 Å². The lowest BCUT2D eigenvalue weighted by Gasteiger charge is -2.23. The fraction of sp³-hybridized carbons (Fsp3) is 0.500. The predicted octanol–water partition coefficient (Wildman–Crippen LogP) is 3.95. The van der Waals surface area contributed by atoms with E-state index in [1.807, 2.05) is 0 Å². The van der Waals surface area contributed by atoms with Gasteiger partial charge in [0, 0.05) is 10.2 Å². The van der Waals surface area contributed by atoms with Gasteiger partial charge in [0.2, 0.25) is 0 Å². The molecule has 1 saturated heterocycles. The van der Waals surface area contributed by atoms with Gasteiger partial charge in [0.1, 0.15) is 5.82 Å². The Morgan fingerprint density at radius 2 is 2.32 bits per heavy atom. The van der Waals surface area contributed by atoms with Crippen LogP contribution < -0.4 is 0 Å². The fourth-order valence-corrected chi connectivity index (χ4v) is 3.29. The Balaban J connectivity index is 1.95. The van der Waals surface area contributed by atoms with Crippen LogP contribution in [0, 0.1) is 3.57 Å². The molecule has 1 aliphatic rings. The summed E-state index contributed by atoms with van der Waals surface area (Å²) in [6.07, 6.45) is 3.87. The molecular weight excluding hydrogens is 375 g/mol. The Hall–Kier alpha value is -0.330. The van der Waals surface area contributed by atoms with Gasteiger partial charge in [-0.1, -0.05) is 0 Å². The third-order valence-corrected chi connectivity index (χ3v) is 4.48. The minimum absolute atomic E-state index is 0.299. The molecule has 1 aromatic carbocycles. The lowest BCUT2D eigenvalue weighted by molar-refractivity contribution is 0.00627. The maximum absolute atomic E-state index is 6.04. The lowest BCUT2D eigenvalue weighted by atomic mass is 10.1. The molecule has 0 amide bonds. The topological polar surface area (TPSA) is 27.1 Å². The van der Waals surface area contributed by atoms with E-state index in [1.54, 1.807) is 0 Å². The molecule has 3 rings (SSSR count). The van der Waals surface area contributed by atoms with E-state index in [0.717, 1.165) is 36.4 Å². The first-order valence-corrected chi connectivity index (χ1v) is 8.21. The first kappa shape index (κ1) is 13.6. The molecule has 0 aliphatic carbocycles. The number of nitrogens with zero attached hydrogens (tertiary/aromatic N) is 2. The van der Waals surface area contributed by atoms with Gasteiger partial charge in [-0.2, -0.15) is 0 Å². The molecule has 1 aromatic heterocycles. The smallest absolute Gasteiger partial charge is 0.124 e. The molecule has 1 aliphatic heterocycles. The number of ether oxygens (including phenoxy) is 1. The van der Waals surface area contributed by atoms with Gasteiger partial charge >= 0.3 is 0 Å². The summed E-state index contributed by atoms with van der Waals surface area (Å²) >= 11 is 8.34. The van der Waals surface area contributed by atoms with E-state index in [-0.39, 0.29) is 0 Å². The van der Waals surface area contributed by atoms with E-state index in [4.69, 9.17) is 16.3 Å². The van der Waals surface area contributed by atoms with Crippen molar-refractivity contribution in [2.45, 2.75) is 37.8 Å². The van der Waals surface area contributed by atoms with Gasteiger partial charge in [0.25, 0.3) is 0 Å². The second-order valence-corrected chi connectivity index (χ2v) is 6.41. The Morgan fingerprint density at radius 3 is 3.05 bits per heavy atom. The summed E-state index contributed by atoms with van der Waals surface area (Å²) in [7, 11) is 0. The van der Waals surface area contributed by atoms with Crippen LogP contribution in [-0.4, -0.2) is 22.3 Å². The third kappa shape index (κ3) is 2.90. The number of hydrogen-bond acceptors (Lipinski definition) is 2. The van der Waals surface area contributed by atoms with Crippen LogP contribution in [0.5, 0.6) is 0 Å². The summed E-state index contributed by atoms with van der Waals surface area (Å²) in [5, 5.41) is 0. The molecule has 1 atom stereocenters. The van der Waals surface area contributed by atoms with Crippen LogP contribution in [0.25, 0.3) is 11.0 Å². The van der Waals surface area contributed by atoms with Crippen LogP contribution in [0.4, 0.5) is 0 Å². The maximum Gasteiger partial charge on any atom is 0.124 e. The highest BCUT2D eigenvalue weighted by Crippen LogP contribution is 2.23. The van der Waals surface area contributed by atoms with Crippen LogP contribution in [0.2, 0.25) is 0 Å². The fourth-order valence-electron chi connectivity index (χ4n) is 2.61. The number of fused-ring (bicyclic) bond motifs is 1. The van der Waals surface area contributed by atoms with Crippen molar-refractivity contribution in [1.29, 1.82) is 0 Å². The Bertz CT molecular complexity index is 578. The molecular formula is C14H16ClIN2O. The number of hydrogen-bond donors (Lipinski definition) is 0. The quantitative estimate of drug-likeness (QED) is 0.586. The number of halogens is 2. The zero-order valence-corrected chi connectivity index (χ0v) is 13.5.